The summed E-state index contributed by atoms with van der Waals surface area (Å²) in [6.45, 7) is 6.11. The summed E-state index contributed by atoms with van der Waals surface area (Å²) in [5.74, 6) is 0.319. The number of nitrogens with zero attached hydrogens (tertiary/aromatic N) is 1. The van der Waals surface area contributed by atoms with Crippen molar-refractivity contribution in [3.63, 3.8) is 0 Å². The van der Waals surface area contributed by atoms with Gasteiger partial charge in [0.05, 0.1) is 0 Å². The number of aromatic nitrogens is 1. The van der Waals surface area contributed by atoms with Crippen LogP contribution >= 0.6 is 0 Å². The van der Waals surface area contributed by atoms with Crippen molar-refractivity contribution in [3.8, 4) is 0 Å². The van der Waals surface area contributed by atoms with Gasteiger partial charge in [-0.3, -0.25) is 0 Å². The van der Waals surface area contributed by atoms with E-state index in [0.717, 1.165) is 11.1 Å². The summed E-state index contributed by atoms with van der Waals surface area (Å²) in [6, 6.07) is 1.42. The molecule has 0 radical (unpaired) electrons. The number of hydrogen-bond donors (Lipinski definition) is 1. The number of oxazole rings is 1. The average molecular weight is 222 g/mol. The van der Waals surface area contributed by atoms with Crippen molar-refractivity contribution in [3.05, 3.63) is 28.9 Å². The second-order valence-corrected chi connectivity index (χ2v) is 4.23. The monoisotopic (exact) mass is 222 g/mol. The largest absolute Gasteiger partial charge is 0.437 e. The molecule has 0 aliphatic rings. The zero-order chi connectivity index (χ0) is 11.9. The van der Waals surface area contributed by atoms with E-state index in [9.17, 15) is 4.39 Å². The Kier molecular flexibility index (Phi) is 2.68. The molecule has 0 bridgehead atoms. The molecule has 0 aliphatic carbocycles. The van der Waals surface area contributed by atoms with Crippen LogP contribution in [0.3, 0.4) is 0 Å². The van der Waals surface area contributed by atoms with E-state index in [4.69, 9.17) is 10.2 Å². The van der Waals surface area contributed by atoms with Crippen molar-refractivity contribution in [2.75, 3.05) is 0 Å². The Balaban J connectivity index is 2.75. The lowest BCUT2D eigenvalue weighted by atomic mass is 10.1. The van der Waals surface area contributed by atoms with Gasteiger partial charge in [-0.15, -0.1) is 0 Å². The highest BCUT2D eigenvalue weighted by Gasteiger charge is 2.16. The van der Waals surface area contributed by atoms with E-state index in [1.807, 2.05) is 20.8 Å². The molecule has 1 heterocycles. The topological polar surface area (TPSA) is 52.0 Å². The van der Waals surface area contributed by atoms with Gasteiger partial charge in [0.1, 0.15) is 5.52 Å². The number of halogens is 1. The molecular formula is C12H15FN2O. The minimum atomic E-state index is -0.388. The third-order valence-corrected chi connectivity index (χ3v) is 2.71. The van der Waals surface area contributed by atoms with Crippen molar-refractivity contribution in [2.45, 2.75) is 33.2 Å². The van der Waals surface area contributed by atoms with E-state index in [1.165, 1.54) is 6.07 Å². The highest BCUT2D eigenvalue weighted by Crippen LogP contribution is 2.27. The van der Waals surface area contributed by atoms with E-state index in [-0.39, 0.29) is 17.3 Å². The van der Waals surface area contributed by atoms with Crippen LogP contribution in [-0.4, -0.2) is 4.98 Å². The molecule has 2 rings (SSSR count). The predicted octanol–water partition coefficient (Wildman–Crippen LogP) is 2.86. The Hall–Kier alpha value is -1.42. The van der Waals surface area contributed by atoms with Gasteiger partial charge in [0.25, 0.3) is 0 Å². The molecule has 0 saturated carbocycles. The third-order valence-electron chi connectivity index (χ3n) is 2.71. The first-order valence-electron chi connectivity index (χ1n) is 5.33. The summed E-state index contributed by atoms with van der Waals surface area (Å²) in [6.07, 6.45) is 0. The molecule has 0 spiro atoms. The van der Waals surface area contributed by atoms with Crippen LogP contribution in [-0.2, 0) is 6.54 Å². The molecule has 4 heteroatoms. The maximum atomic E-state index is 13.7. The van der Waals surface area contributed by atoms with E-state index in [2.05, 4.69) is 4.98 Å². The van der Waals surface area contributed by atoms with Gasteiger partial charge in [-0.25, -0.2) is 9.37 Å². The van der Waals surface area contributed by atoms with Crippen LogP contribution in [0.15, 0.2) is 10.5 Å². The van der Waals surface area contributed by atoms with Gasteiger partial charge in [-0.2, -0.15) is 0 Å². The fourth-order valence-electron chi connectivity index (χ4n) is 1.69. The SMILES string of the molecule is Cc1c(CN)cc(F)c2oc(C(C)C)nc12. The fraction of sp³-hybridized carbons (Fsp3) is 0.417. The Morgan fingerprint density at radius 2 is 2.19 bits per heavy atom. The van der Waals surface area contributed by atoms with Crippen LogP contribution in [0.1, 0.15) is 36.8 Å². The minimum absolute atomic E-state index is 0.146. The van der Waals surface area contributed by atoms with Crippen LogP contribution in [0, 0.1) is 12.7 Å². The third kappa shape index (κ3) is 1.59. The summed E-state index contributed by atoms with van der Waals surface area (Å²) in [5, 5.41) is 0. The molecule has 0 atom stereocenters. The Bertz CT molecular complexity index is 531. The van der Waals surface area contributed by atoms with Gasteiger partial charge in [0, 0.05) is 12.5 Å². The molecule has 0 unspecified atom stereocenters. The van der Waals surface area contributed by atoms with E-state index >= 15 is 0 Å². The summed E-state index contributed by atoms with van der Waals surface area (Å²) in [4.78, 5) is 4.32. The van der Waals surface area contributed by atoms with Gasteiger partial charge in [-0.1, -0.05) is 13.8 Å². The molecule has 2 N–H and O–H groups in total. The lowest BCUT2D eigenvalue weighted by molar-refractivity contribution is 0.483. The summed E-state index contributed by atoms with van der Waals surface area (Å²) in [5.41, 5.74) is 8.04. The molecule has 86 valence electrons. The molecule has 1 aromatic carbocycles. The Morgan fingerprint density at radius 3 is 2.75 bits per heavy atom. The number of aryl methyl sites for hydroxylation is 1. The molecule has 0 saturated heterocycles. The van der Waals surface area contributed by atoms with Gasteiger partial charge >= 0.3 is 0 Å². The van der Waals surface area contributed by atoms with Gasteiger partial charge < -0.3 is 10.2 Å². The van der Waals surface area contributed by atoms with E-state index in [0.29, 0.717) is 18.0 Å². The first-order chi connectivity index (χ1) is 7.54. The van der Waals surface area contributed by atoms with Crippen LogP contribution in [0.25, 0.3) is 11.1 Å². The maximum Gasteiger partial charge on any atom is 0.198 e. The minimum Gasteiger partial charge on any atom is -0.437 e. The van der Waals surface area contributed by atoms with E-state index < -0.39 is 0 Å². The standard InChI is InChI=1S/C12H15FN2O/c1-6(2)12-15-10-7(3)8(5-14)4-9(13)11(10)16-12/h4,6H,5,14H2,1-3H3. The van der Waals surface area contributed by atoms with Gasteiger partial charge in [0.2, 0.25) is 0 Å². The molecular weight excluding hydrogens is 207 g/mol. The lowest BCUT2D eigenvalue weighted by Crippen LogP contribution is -2.00. The predicted molar refractivity (Wildman–Crippen MR) is 60.7 cm³/mol. The molecule has 0 fully saturated rings. The van der Waals surface area contributed by atoms with Crippen molar-refractivity contribution in [1.29, 1.82) is 0 Å². The molecule has 3 nitrogen and oxygen atoms in total. The molecule has 1 aromatic heterocycles. The summed E-state index contributed by atoms with van der Waals surface area (Å²) >= 11 is 0. The quantitative estimate of drug-likeness (QED) is 0.850. The summed E-state index contributed by atoms with van der Waals surface area (Å²) in [7, 11) is 0. The van der Waals surface area contributed by atoms with Gasteiger partial charge in [-0.05, 0) is 24.1 Å². The first-order valence-corrected chi connectivity index (χ1v) is 5.33. The number of nitrogens with two attached hydrogens (primary N) is 1. The zero-order valence-electron chi connectivity index (χ0n) is 9.67. The average Bonchev–Trinajstić information content (AvgIpc) is 2.68. The number of benzene rings is 1. The lowest BCUT2D eigenvalue weighted by Gasteiger charge is -2.02. The fourth-order valence-corrected chi connectivity index (χ4v) is 1.69. The van der Waals surface area contributed by atoms with E-state index in [1.54, 1.807) is 0 Å². The normalized spacial score (nSPS) is 11.6. The smallest absolute Gasteiger partial charge is 0.198 e. The van der Waals surface area contributed by atoms with Crippen molar-refractivity contribution >= 4 is 11.1 Å². The molecule has 16 heavy (non-hydrogen) atoms. The Morgan fingerprint density at radius 1 is 1.50 bits per heavy atom. The van der Waals surface area contributed by atoms with Crippen molar-refractivity contribution < 1.29 is 8.81 Å². The van der Waals surface area contributed by atoms with Crippen LogP contribution in [0.4, 0.5) is 4.39 Å². The van der Waals surface area contributed by atoms with Crippen LogP contribution < -0.4 is 5.73 Å². The van der Waals surface area contributed by atoms with Crippen LogP contribution in [0.5, 0.6) is 0 Å². The highest BCUT2D eigenvalue weighted by molar-refractivity contribution is 5.78. The first kappa shape index (κ1) is 11.1. The van der Waals surface area contributed by atoms with Crippen molar-refractivity contribution in [1.82, 2.24) is 4.98 Å². The highest BCUT2D eigenvalue weighted by atomic mass is 19.1. The van der Waals surface area contributed by atoms with Gasteiger partial charge in [0.15, 0.2) is 17.3 Å². The second kappa shape index (κ2) is 3.87. The Labute approximate surface area is 93.5 Å². The van der Waals surface area contributed by atoms with Crippen LogP contribution in [0.2, 0.25) is 0 Å². The number of fused-ring (bicyclic) bond motifs is 1. The molecule has 2 aromatic rings. The zero-order valence-corrected chi connectivity index (χ0v) is 9.67. The summed E-state index contributed by atoms with van der Waals surface area (Å²) < 4.78 is 19.1. The number of hydrogen-bond acceptors (Lipinski definition) is 3. The maximum absolute atomic E-state index is 13.7. The molecule has 0 aliphatic heterocycles. The number of rotatable bonds is 2. The second-order valence-electron chi connectivity index (χ2n) is 4.23. The van der Waals surface area contributed by atoms with Crippen molar-refractivity contribution in [2.24, 2.45) is 5.73 Å². The molecule has 0 amide bonds.